The van der Waals surface area contributed by atoms with E-state index in [0.717, 1.165) is 11.6 Å². The number of hydrogen-bond donors (Lipinski definition) is 4. The maximum absolute atomic E-state index is 14.9. The first-order valence-electron chi connectivity index (χ1n) is 19.3. The number of rotatable bonds is 15. The van der Waals surface area contributed by atoms with Gasteiger partial charge in [0.25, 0.3) is 15.9 Å². The fourth-order valence-electron chi connectivity index (χ4n) is 7.35. The molecule has 61 heavy (non-hydrogen) atoms. The minimum absolute atomic E-state index is 0.126. The number of sulfonamides is 1. The number of nitrogens with zero attached hydrogens (tertiary/aromatic N) is 2. The van der Waals surface area contributed by atoms with Crippen LogP contribution in [0, 0.1) is 5.41 Å². The van der Waals surface area contributed by atoms with Gasteiger partial charge in [0, 0.05) is 36.0 Å². The summed E-state index contributed by atoms with van der Waals surface area (Å²) in [4.78, 5) is 74.6. The Balaban J connectivity index is 1.37. The van der Waals surface area contributed by atoms with Gasteiger partial charge in [-0.2, -0.15) is 0 Å². The summed E-state index contributed by atoms with van der Waals surface area (Å²) < 4.78 is 45.9. The third-order valence-corrected chi connectivity index (χ3v) is 11.9. The molecule has 0 bridgehead atoms. The van der Waals surface area contributed by atoms with Crippen LogP contribution in [-0.2, 0) is 33.9 Å². The van der Waals surface area contributed by atoms with Gasteiger partial charge in [0.2, 0.25) is 11.8 Å². The number of nitrogens with one attached hydrogen (secondary N) is 3. The Morgan fingerprint density at radius 3 is 2.30 bits per heavy atom. The monoisotopic (exact) mass is 852 g/mol. The largest absolute Gasteiger partial charge is 0.497 e. The molecule has 3 aromatic carbocycles. The van der Waals surface area contributed by atoms with Crippen LogP contribution in [0.5, 0.6) is 11.5 Å². The first-order chi connectivity index (χ1) is 28.8. The van der Waals surface area contributed by atoms with Crippen LogP contribution in [0.4, 0.5) is 4.79 Å². The molecular weight excluding hydrogens is 805 g/mol. The molecule has 2 fully saturated rings. The summed E-state index contributed by atoms with van der Waals surface area (Å²) in [6.45, 7) is 11.5. The van der Waals surface area contributed by atoms with Crippen molar-refractivity contribution in [3.63, 3.8) is 0 Å². The van der Waals surface area contributed by atoms with Crippen molar-refractivity contribution in [3.05, 3.63) is 110 Å². The Morgan fingerprint density at radius 2 is 1.67 bits per heavy atom. The molecule has 0 spiro atoms. The van der Waals surface area contributed by atoms with E-state index in [-0.39, 0.29) is 24.3 Å². The number of ketones is 1. The number of nitrogens with two attached hydrogens (primary N) is 1. The zero-order valence-electron chi connectivity index (χ0n) is 34.2. The molecule has 16 nitrogen and oxygen atoms in total. The second kappa shape index (κ2) is 17.2. The predicted molar refractivity (Wildman–Crippen MR) is 226 cm³/mol. The van der Waals surface area contributed by atoms with E-state index in [2.05, 4.69) is 23.8 Å². The van der Waals surface area contributed by atoms with Gasteiger partial charge in [-0.1, -0.05) is 61.2 Å². The number of fused-ring (bicyclic) bond motifs is 1. The molecule has 2 aliphatic rings. The molecule has 0 unspecified atom stereocenters. The Hall–Kier alpha value is -6.59. The molecule has 1 aliphatic heterocycles. The number of pyridine rings is 1. The van der Waals surface area contributed by atoms with E-state index in [9.17, 15) is 32.4 Å². The van der Waals surface area contributed by atoms with Gasteiger partial charge in [0.1, 0.15) is 34.8 Å². The van der Waals surface area contributed by atoms with E-state index in [4.69, 9.17) is 24.9 Å². The van der Waals surface area contributed by atoms with Gasteiger partial charge in [-0.25, -0.2) is 22.9 Å². The fourth-order valence-corrected chi connectivity index (χ4v) is 8.41. The van der Waals surface area contributed by atoms with Gasteiger partial charge < -0.3 is 35.5 Å². The summed E-state index contributed by atoms with van der Waals surface area (Å²) >= 11 is 0. The van der Waals surface area contributed by atoms with Crippen molar-refractivity contribution in [2.24, 2.45) is 11.1 Å². The Bertz CT molecular complexity index is 2490. The average Bonchev–Trinajstić information content (AvgIpc) is 3.68. The molecule has 1 aromatic heterocycles. The van der Waals surface area contributed by atoms with Crippen LogP contribution in [0.25, 0.3) is 22.2 Å². The highest BCUT2D eigenvalue weighted by Crippen LogP contribution is 2.58. The average molecular weight is 853 g/mol. The highest BCUT2D eigenvalue weighted by atomic mass is 32.2. The van der Waals surface area contributed by atoms with Crippen LogP contribution < -0.4 is 30.6 Å². The lowest BCUT2D eigenvalue weighted by atomic mass is 9.88. The number of aromatic nitrogens is 1. The zero-order chi connectivity index (χ0) is 44.3. The molecule has 2 heterocycles. The highest BCUT2D eigenvalue weighted by Gasteiger charge is 2.74. The van der Waals surface area contributed by atoms with Gasteiger partial charge in [-0.3, -0.25) is 19.2 Å². The number of carbonyl (C=O) groups is 5. The van der Waals surface area contributed by atoms with E-state index in [1.54, 1.807) is 51.1 Å². The van der Waals surface area contributed by atoms with E-state index in [0.29, 0.717) is 28.1 Å². The Kier molecular flexibility index (Phi) is 12.4. The lowest BCUT2D eigenvalue weighted by Crippen LogP contribution is -2.58. The summed E-state index contributed by atoms with van der Waals surface area (Å²) in [6, 6.07) is 20.7. The Labute approximate surface area is 353 Å². The van der Waals surface area contributed by atoms with Crippen molar-refractivity contribution in [2.75, 3.05) is 20.2 Å². The third kappa shape index (κ3) is 9.27. The number of methoxy groups -OCH3 is 1. The molecule has 5 atom stereocenters. The predicted octanol–water partition coefficient (Wildman–Crippen LogP) is 3.80. The van der Waals surface area contributed by atoms with Crippen LogP contribution in [0.3, 0.4) is 0 Å². The summed E-state index contributed by atoms with van der Waals surface area (Å²) in [7, 11) is -2.85. The molecule has 1 saturated heterocycles. The molecule has 1 saturated carbocycles. The van der Waals surface area contributed by atoms with Crippen LogP contribution in [0.1, 0.15) is 33.6 Å². The molecule has 6 rings (SSSR count). The smallest absolute Gasteiger partial charge is 0.408 e. The van der Waals surface area contributed by atoms with E-state index < -0.39 is 80.9 Å². The van der Waals surface area contributed by atoms with Crippen LogP contribution in [0.15, 0.2) is 115 Å². The normalized spacial score (nSPS) is 21.4. The third-order valence-electron chi connectivity index (χ3n) is 10.5. The van der Waals surface area contributed by atoms with Gasteiger partial charge >= 0.3 is 6.09 Å². The first-order valence-corrected chi connectivity index (χ1v) is 20.8. The molecule has 17 heteroatoms. The first kappa shape index (κ1) is 44.0. The van der Waals surface area contributed by atoms with Gasteiger partial charge in [-0.05, 0) is 57.5 Å². The van der Waals surface area contributed by atoms with Crippen molar-refractivity contribution in [1.29, 1.82) is 0 Å². The topological polar surface area (TPSA) is 225 Å². The number of benzene rings is 3. The fraction of sp³-hybridized carbons (Fsp3) is 0.318. The molecule has 4 amide bonds. The Morgan fingerprint density at radius 1 is 1.00 bits per heavy atom. The van der Waals surface area contributed by atoms with Gasteiger partial charge in [0.05, 0.1) is 41.2 Å². The van der Waals surface area contributed by atoms with Gasteiger partial charge in [0.15, 0.2) is 5.78 Å². The minimum Gasteiger partial charge on any atom is -0.497 e. The summed E-state index contributed by atoms with van der Waals surface area (Å²) in [5, 5.41) is 5.63. The highest BCUT2D eigenvalue weighted by molar-refractivity contribution is 7.90. The molecule has 5 N–H and O–H groups in total. The number of alkyl carbamates (subject to hydrolysis) is 1. The van der Waals surface area contributed by atoms with Crippen LogP contribution in [0.2, 0.25) is 0 Å². The quantitative estimate of drug-likeness (QED) is 0.0990. The van der Waals surface area contributed by atoms with Crippen molar-refractivity contribution in [1.82, 2.24) is 25.2 Å². The summed E-state index contributed by atoms with van der Waals surface area (Å²) in [5.74, 6) is -2.36. The molecule has 320 valence electrons. The summed E-state index contributed by atoms with van der Waals surface area (Å²) in [5.41, 5.74) is 3.66. The van der Waals surface area contributed by atoms with Crippen molar-refractivity contribution < 1.29 is 46.6 Å². The van der Waals surface area contributed by atoms with Crippen molar-refractivity contribution in [3.8, 4) is 22.8 Å². The number of carbonyl (C=O) groups excluding carboxylic acids is 5. The number of likely N-dealkylation sites (tertiary alicyclic amines) is 1. The maximum Gasteiger partial charge on any atom is 0.408 e. The molecule has 1 aliphatic carbocycles. The number of ether oxygens (including phenoxy) is 3. The summed E-state index contributed by atoms with van der Waals surface area (Å²) in [6.07, 6.45) is -0.114. The van der Waals surface area contributed by atoms with E-state index in [1.807, 2.05) is 35.1 Å². The lowest BCUT2D eigenvalue weighted by Gasteiger charge is -2.31. The molecular formula is C44H48N6O10S. The van der Waals surface area contributed by atoms with Gasteiger partial charge in [-0.15, -0.1) is 6.58 Å². The second-order valence-electron chi connectivity index (χ2n) is 15.8. The van der Waals surface area contributed by atoms with Crippen LogP contribution in [-0.4, -0.2) is 97.4 Å². The van der Waals surface area contributed by atoms with Crippen molar-refractivity contribution in [2.45, 2.75) is 67.8 Å². The molecule has 4 aromatic rings. The number of Topliss-reactive ketones (excluding diaryl/α,β-unsaturated/α-hetero) is 1. The van der Waals surface area contributed by atoms with Crippen LogP contribution >= 0.6 is 0 Å². The maximum atomic E-state index is 14.9. The molecule has 0 radical (unpaired) electrons. The standard InChI is InChI=1S/C44H48N6O10S/c1-7-37(51)46-24-34(48-41(55)60-42(3,4)5)39(53)50-25-29(59-36-23-32(27-15-11-9-12-16-27)47-33-21-28(58-6)19-20-31(33)36)22-35(50)38(52)43(8-2)26-44(43,45)40(54)49-61(56,57)30-17-13-10-14-18-30/h7-21,23,29,34-35H,1-2,22,24-26,45H2,3-6H3,(H,46,51)(H,48,55)(H,49,54)/t29-,34+,35+,43+,44+/m1/s1. The van der Waals surface area contributed by atoms with Crippen molar-refractivity contribution >= 4 is 50.5 Å². The van der Waals surface area contributed by atoms with E-state index in [1.165, 1.54) is 42.4 Å². The number of hydrogen-bond acceptors (Lipinski definition) is 12. The minimum atomic E-state index is -4.39. The van der Waals surface area contributed by atoms with E-state index >= 15 is 0 Å². The lowest BCUT2D eigenvalue weighted by molar-refractivity contribution is -0.141. The second-order valence-corrected chi connectivity index (χ2v) is 17.5. The zero-order valence-corrected chi connectivity index (χ0v) is 35.0. The SMILES string of the molecule is C=CC(=O)NC[C@H](NC(=O)OC(C)(C)C)C(=O)N1C[C@H](Oc2cc(-c3ccccc3)nc3cc(OC)ccc23)C[C@H]1C(=O)[C@]1(C=C)C[C@]1(N)C(=O)NS(=O)(=O)c1ccccc1. The number of amides is 4.